The molecule has 0 aliphatic carbocycles. The molecule has 0 atom stereocenters. The highest BCUT2D eigenvalue weighted by molar-refractivity contribution is 7.89. The third kappa shape index (κ3) is 6.29. The smallest absolute Gasteiger partial charge is 0.260 e. The van der Waals surface area contributed by atoms with Gasteiger partial charge in [0.05, 0.1) is 4.90 Å². The third-order valence-electron chi connectivity index (χ3n) is 5.22. The van der Waals surface area contributed by atoms with Gasteiger partial charge < -0.3 is 14.5 Å². The molecule has 1 aliphatic heterocycles. The fraction of sp³-hybridized carbons (Fsp3) is 0.409. The number of carbonyl (C=O) groups excluding carboxylic acids is 1. The molecule has 3 rings (SSSR count). The Morgan fingerprint density at radius 3 is 2.30 bits per heavy atom. The zero-order chi connectivity index (χ0) is 21.4. The van der Waals surface area contributed by atoms with Crippen LogP contribution in [-0.2, 0) is 21.2 Å². The van der Waals surface area contributed by atoms with Gasteiger partial charge in [-0.25, -0.2) is 13.1 Å². The van der Waals surface area contributed by atoms with E-state index in [0.29, 0.717) is 31.8 Å². The minimum Gasteiger partial charge on any atom is -0.484 e. The van der Waals surface area contributed by atoms with Crippen molar-refractivity contribution in [3.63, 3.8) is 0 Å². The van der Waals surface area contributed by atoms with Gasteiger partial charge in [-0.2, -0.15) is 0 Å². The number of carbonyl (C=O) groups is 1. The Morgan fingerprint density at radius 1 is 1.00 bits per heavy atom. The first-order chi connectivity index (χ1) is 14.5. The van der Waals surface area contributed by atoms with Crippen molar-refractivity contribution in [3.05, 3.63) is 60.2 Å². The van der Waals surface area contributed by atoms with Crippen molar-refractivity contribution in [2.75, 3.05) is 45.9 Å². The highest BCUT2D eigenvalue weighted by Gasteiger charge is 2.20. The van der Waals surface area contributed by atoms with E-state index in [1.807, 2.05) is 35.2 Å². The van der Waals surface area contributed by atoms with Crippen molar-refractivity contribution in [1.82, 2.24) is 14.5 Å². The topological polar surface area (TPSA) is 79.0 Å². The zero-order valence-electron chi connectivity index (χ0n) is 17.3. The summed E-state index contributed by atoms with van der Waals surface area (Å²) in [5, 5.41) is 0. The molecule has 8 heteroatoms. The van der Waals surface area contributed by atoms with Gasteiger partial charge >= 0.3 is 0 Å². The van der Waals surface area contributed by atoms with Crippen LogP contribution in [-0.4, -0.2) is 70.0 Å². The highest BCUT2D eigenvalue weighted by atomic mass is 32.2. The van der Waals surface area contributed by atoms with E-state index in [1.54, 1.807) is 12.1 Å². The lowest BCUT2D eigenvalue weighted by atomic mass is 10.2. The molecule has 1 N–H and O–H groups in total. The summed E-state index contributed by atoms with van der Waals surface area (Å²) < 4.78 is 33.1. The van der Waals surface area contributed by atoms with Crippen LogP contribution in [0.2, 0.25) is 0 Å². The van der Waals surface area contributed by atoms with Crippen LogP contribution in [0, 0.1) is 0 Å². The van der Waals surface area contributed by atoms with E-state index in [1.165, 1.54) is 12.1 Å². The molecule has 2 aromatic carbocycles. The second kappa shape index (κ2) is 10.6. The summed E-state index contributed by atoms with van der Waals surface area (Å²) in [7, 11) is -3.59. The van der Waals surface area contributed by atoms with Crippen LogP contribution in [0.1, 0.15) is 12.5 Å². The van der Waals surface area contributed by atoms with Crippen LogP contribution in [0.15, 0.2) is 59.5 Å². The summed E-state index contributed by atoms with van der Waals surface area (Å²) in [6, 6.07) is 15.8. The normalized spacial score (nSPS) is 15.2. The first-order valence-corrected chi connectivity index (χ1v) is 11.7. The fourth-order valence-corrected chi connectivity index (χ4v) is 4.35. The molecule has 7 nitrogen and oxygen atoms in total. The maximum absolute atomic E-state index is 12.4. The number of hydrogen-bond acceptors (Lipinski definition) is 5. The summed E-state index contributed by atoms with van der Waals surface area (Å²) in [6.45, 7) is 6.57. The van der Waals surface area contributed by atoms with Crippen molar-refractivity contribution >= 4 is 15.9 Å². The molecule has 1 heterocycles. The Morgan fingerprint density at radius 2 is 1.67 bits per heavy atom. The molecule has 0 saturated carbocycles. The van der Waals surface area contributed by atoms with Crippen LogP contribution >= 0.6 is 0 Å². The number of hydrogen-bond donors (Lipinski definition) is 1. The number of amides is 1. The first kappa shape index (κ1) is 22.3. The van der Waals surface area contributed by atoms with E-state index in [9.17, 15) is 13.2 Å². The quantitative estimate of drug-likeness (QED) is 0.655. The van der Waals surface area contributed by atoms with Gasteiger partial charge in [-0.1, -0.05) is 37.3 Å². The monoisotopic (exact) mass is 431 g/mol. The Kier molecular flexibility index (Phi) is 7.84. The van der Waals surface area contributed by atoms with Gasteiger partial charge in [-0.05, 0) is 42.8 Å². The maximum Gasteiger partial charge on any atom is 0.260 e. The van der Waals surface area contributed by atoms with E-state index in [2.05, 4.69) is 16.5 Å². The second-order valence-corrected chi connectivity index (χ2v) is 8.98. The second-order valence-electron chi connectivity index (χ2n) is 7.21. The molecule has 30 heavy (non-hydrogen) atoms. The average molecular weight is 432 g/mol. The third-order valence-corrected chi connectivity index (χ3v) is 6.69. The molecular weight excluding hydrogens is 402 g/mol. The largest absolute Gasteiger partial charge is 0.484 e. The minimum absolute atomic E-state index is 0.0481. The molecule has 0 unspecified atom stereocenters. The average Bonchev–Trinajstić information content (AvgIpc) is 2.78. The van der Waals surface area contributed by atoms with Gasteiger partial charge in [0.25, 0.3) is 5.91 Å². The van der Waals surface area contributed by atoms with E-state index in [0.717, 1.165) is 25.2 Å². The number of nitrogens with zero attached hydrogens (tertiary/aromatic N) is 2. The molecule has 2 aromatic rings. The van der Waals surface area contributed by atoms with Gasteiger partial charge in [0.1, 0.15) is 5.75 Å². The number of likely N-dealkylation sites (N-methyl/N-ethyl adjacent to an activating group) is 1. The lowest BCUT2D eigenvalue weighted by molar-refractivity contribution is -0.135. The van der Waals surface area contributed by atoms with E-state index >= 15 is 0 Å². The Hall–Kier alpha value is -2.42. The number of ether oxygens (including phenoxy) is 1. The van der Waals surface area contributed by atoms with Crippen molar-refractivity contribution in [2.24, 2.45) is 0 Å². The van der Waals surface area contributed by atoms with Gasteiger partial charge in [0.15, 0.2) is 6.61 Å². The lowest BCUT2D eigenvalue weighted by Gasteiger charge is -2.33. The minimum atomic E-state index is -3.59. The molecule has 162 valence electrons. The summed E-state index contributed by atoms with van der Waals surface area (Å²) in [5.41, 5.74) is 1.07. The Balaban J connectivity index is 1.46. The van der Waals surface area contributed by atoms with Gasteiger partial charge in [0.2, 0.25) is 10.0 Å². The van der Waals surface area contributed by atoms with Gasteiger partial charge in [-0.15, -0.1) is 0 Å². The predicted octanol–water partition coefficient (Wildman–Crippen LogP) is 1.75. The number of benzene rings is 2. The van der Waals surface area contributed by atoms with Crippen molar-refractivity contribution in [1.29, 1.82) is 0 Å². The van der Waals surface area contributed by atoms with E-state index in [-0.39, 0.29) is 17.4 Å². The summed E-state index contributed by atoms with van der Waals surface area (Å²) in [6.07, 6.45) is 0.621. The van der Waals surface area contributed by atoms with E-state index in [4.69, 9.17) is 4.74 Å². The Labute approximate surface area is 178 Å². The fourth-order valence-electron chi connectivity index (χ4n) is 3.32. The number of nitrogens with one attached hydrogen (secondary N) is 1. The van der Waals surface area contributed by atoms with E-state index < -0.39 is 10.0 Å². The van der Waals surface area contributed by atoms with Crippen molar-refractivity contribution in [3.8, 4) is 5.75 Å². The number of rotatable bonds is 9. The molecule has 1 fully saturated rings. The van der Waals surface area contributed by atoms with Crippen LogP contribution < -0.4 is 9.46 Å². The van der Waals surface area contributed by atoms with Crippen LogP contribution in [0.3, 0.4) is 0 Å². The van der Waals surface area contributed by atoms with Crippen LogP contribution in [0.4, 0.5) is 0 Å². The maximum atomic E-state index is 12.4. The Bertz CT molecular complexity index is 909. The molecule has 0 radical (unpaired) electrons. The lowest BCUT2D eigenvalue weighted by Crippen LogP contribution is -2.49. The predicted molar refractivity (Wildman–Crippen MR) is 116 cm³/mol. The van der Waals surface area contributed by atoms with Gasteiger partial charge in [-0.3, -0.25) is 4.79 Å². The summed E-state index contributed by atoms with van der Waals surface area (Å²) in [4.78, 5) is 16.6. The van der Waals surface area contributed by atoms with Crippen molar-refractivity contribution in [2.45, 2.75) is 18.2 Å². The standard InChI is InChI=1S/C22H29N3O4S/c1-2-24-14-16-25(17-15-24)22(26)18-29-20-8-10-21(11-9-20)30(27,28)23-13-12-19-6-4-3-5-7-19/h3-11,23H,2,12-18H2,1H3. The molecule has 1 saturated heterocycles. The van der Waals surface area contributed by atoms with Gasteiger partial charge in [0, 0.05) is 32.7 Å². The number of sulfonamides is 1. The molecule has 0 spiro atoms. The summed E-state index contributed by atoms with van der Waals surface area (Å²) in [5.74, 6) is 0.420. The first-order valence-electron chi connectivity index (χ1n) is 10.2. The molecule has 1 aliphatic rings. The van der Waals surface area contributed by atoms with Crippen LogP contribution in [0.25, 0.3) is 0 Å². The molecular formula is C22H29N3O4S. The molecule has 0 aromatic heterocycles. The molecule has 1 amide bonds. The van der Waals surface area contributed by atoms with Crippen molar-refractivity contribution < 1.29 is 17.9 Å². The summed E-state index contributed by atoms with van der Waals surface area (Å²) >= 11 is 0. The SMILES string of the molecule is CCN1CCN(C(=O)COc2ccc(S(=O)(=O)NCCc3ccccc3)cc2)CC1. The zero-order valence-corrected chi connectivity index (χ0v) is 18.1. The highest BCUT2D eigenvalue weighted by Crippen LogP contribution is 2.16. The van der Waals surface area contributed by atoms with Crippen LogP contribution in [0.5, 0.6) is 5.75 Å². The molecule has 0 bridgehead atoms. The number of piperazine rings is 1.